The third-order valence-electron chi connectivity index (χ3n) is 3.34. The predicted molar refractivity (Wildman–Crippen MR) is 74.3 cm³/mol. The zero-order valence-electron chi connectivity index (χ0n) is 11.4. The number of hydrogen-bond acceptors (Lipinski definition) is 4. The zero-order valence-corrected chi connectivity index (χ0v) is 11.4. The molecule has 1 unspecified atom stereocenters. The molecule has 0 spiro atoms. The number of benzene rings is 1. The SMILES string of the molecule is CCOC(=O)c1cn2c3c(cccc3c1=O)OC(C)C2. The van der Waals surface area contributed by atoms with Crippen molar-refractivity contribution in [2.75, 3.05) is 6.61 Å². The highest BCUT2D eigenvalue weighted by Gasteiger charge is 2.23. The number of ether oxygens (including phenoxy) is 2. The topological polar surface area (TPSA) is 57.5 Å². The number of carbonyl (C=O) groups is 1. The normalized spacial score (nSPS) is 16.8. The highest BCUT2D eigenvalue weighted by molar-refractivity contribution is 5.95. The lowest BCUT2D eigenvalue weighted by Gasteiger charge is -2.26. The van der Waals surface area contributed by atoms with E-state index in [4.69, 9.17) is 9.47 Å². The molecule has 1 aromatic carbocycles. The number of carbonyl (C=O) groups excluding carboxylic acids is 1. The fourth-order valence-corrected chi connectivity index (χ4v) is 2.55. The molecule has 0 saturated heterocycles. The monoisotopic (exact) mass is 273 g/mol. The second kappa shape index (κ2) is 4.67. The molecule has 2 heterocycles. The molecule has 0 aliphatic carbocycles. The Morgan fingerprint density at radius 1 is 1.50 bits per heavy atom. The van der Waals surface area contributed by atoms with Gasteiger partial charge in [0.15, 0.2) is 0 Å². The molecule has 1 atom stereocenters. The van der Waals surface area contributed by atoms with Crippen LogP contribution in [0.25, 0.3) is 10.9 Å². The summed E-state index contributed by atoms with van der Waals surface area (Å²) >= 11 is 0. The first-order valence-corrected chi connectivity index (χ1v) is 6.61. The van der Waals surface area contributed by atoms with Gasteiger partial charge in [-0.05, 0) is 26.0 Å². The van der Waals surface area contributed by atoms with Gasteiger partial charge in [0.25, 0.3) is 0 Å². The van der Waals surface area contributed by atoms with Gasteiger partial charge in [-0.15, -0.1) is 0 Å². The fourth-order valence-electron chi connectivity index (χ4n) is 2.55. The van der Waals surface area contributed by atoms with Crippen molar-refractivity contribution in [2.24, 2.45) is 0 Å². The number of aromatic nitrogens is 1. The number of para-hydroxylation sites is 1. The minimum atomic E-state index is -0.576. The van der Waals surface area contributed by atoms with Gasteiger partial charge in [-0.2, -0.15) is 0 Å². The van der Waals surface area contributed by atoms with Crippen LogP contribution in [0.15, 0.2) is 29.2 Å². The third-order valence-corrected chi connectivity index (χ3v) is 3.34. The molecule has 5 nitrogen and oxygen atoms in total. The summed E-state index contributed by atoms with van der Waals surface area (Å²) in [5.41, 5.74) is 0.504. The summed E-state index contributed by atoms with van der Waals surface area (Å²) in [6, 6.07) is 5.30. The first kappa shape index (κ1) is 12.7. The molecule has 0 radical (unpaired) electrons. The van der Waals surface area contributed by atoms with Crippen LogP contribution in [0.5, 0.6) is 5.75 Å². The van der Waals surface area contributed by atoms with Gasteiger partial charge in [-0.1, -0.05) is 6.07 Å². The van der Waals surface area contributed by atoms with E-state index in [0.717, 1.165) is 5.52 Å². The van der Waals surface area contributed by atoms with Crippen LogP contribution in [-0.2, 0) is 11.3 Å². The Bertz CT molecular complexity index is 747. The third kappa shape index (κ3) is 1.86. The smallest absolute Gasteiger partial charge is 0.343 e. The van der Waals surface area contributed by atoms with Gasteiger partial charge in [0.1, 0.15) is 17.4 Å². The molecule has 0 N–H and O–H groups in total. The first-order valence-electron chi connectivity index (χ1n) is 6.61. The molecule has 0 bridgehead atoms. The molecular weight excluding hydrogens is 258 g/mol. The molecule has 1 aromatic heterocycles. The number of pyridine rings is 1. The van der Waals surface area contributed by atoms with E-state index in [0.29, 0.717) is 17.7 Å². The van der Waals surface area contributed by atoms with Crippen molar-refractivity contribution in [1.82, 2.24) is 4.57 Å². The Kier molecular flexibility index (Phi) is 2.97. The summed E-state index contributed by atoms with van der Waals surface area (Å²) < 4.78 is 12.6. The number of nitrogens with zero attached hydrogens (tertiary/aromatic N) is 1. The maximum atomic E-state index is 12.4. The molecule has 0 amide bonds. The van der Waals surface area contributed by atoms with Gasteiger partial charge in [0, 0.05) is 6.20 Å². The van der Waals surface area contributed by atoms with Crippen LogP contribution in [0.3, 0.4) is 0 Å². The summed E-state index contributed by atoms with van der Waals surface area (Å²) in [6.07, 6.45) is 1.57. The minimum absolute atomic E-state index is 0.00866. The molecule has 0 saturated carbocycles. The van der Waals surface area contributed by atoms with Gasteiger partial charge in [-0.25, -0.2) is 4.79 Å². The molecule has 2 aromatic rings. The maximum absolute atomic E-state index is 12.4. The lowest BCUT2D eigenvalue weighted by Crippen LogP contribution is -2.29. The minimum Gasteiger partial charge on any atom is -0.487 e. The lowest BCUT2D eigenvalue weighted by atomic mass is 10.1. The average Bonchev–Trinajstić information content (AvgIpc) is 2.42. The summed E-state index contributed by atoms with van der Waals surface area (Å²) in [5.74, 6) is 0.0986. The summed E-state index contributed by atoms with van der Waals surface area (Å²) in [6.45, 7) is 4.51. The fraction of sp³-hybridized carbons (Fsp3) is 0.333. The Morgan fingerprint density at radius 3 is 3.05 bits per heavy atom. The van der Waals surface area contributed by atoms with E-state index < -0.39 is 5.97 Å². The largest absolute Gasteiger partial charge is 0.487 e. The number of hydrogen-bond donors (Lipinski definition) is 0. The molecule has 104 valence electrons. The van der Waals surface area contributed by atoms with E-state index in [9.17, 15) is 9.59 Å². The van der Waals surface area contributed by atoms with Crippen molar-refractivity contribution in [3.05, 3.63) is 40.2 Å². The van der Waals surface area contributed by atoms with Crippen molar-refractivity contribution in [1.29, 1.82) is 0 Å². The summed E-state index contributed by atoms with van der Waals surface area (Å²) in [7, 11) is 0. The molecule has 5 heteroatoms. The predicted octanol–water partition coefficient (Wildman–Crippen LogP) is 1.96. The van der Waals surface area contributed by atoms with Crippen molar-refractivity contribution in [2.45, 2.75) is 26.5 Å². The van der Waals surface area contributed by atoms with Crippen LogP contribution in [-0.4, -0.2) is 23.2 Å². The number of rotatable bonds is 2. The lowest BCUT2D eigenvalue weighted by molar-refractivity contribution is 0.0523. The van der Waals surface area contributed by atoms with Crippen LogP contribution in [0.2, 0.25) is 0 Å². The van der Waals surface area contributed by atoms with Crippen LogP contribution in [0.1, 0.15) is 24.2 Å². The van der Waals surface area contributed by atoms with Crippen molar-refractivity contribution in [3.8, 4) is 5.75 Å². The van der Waals surface area contributed by atoms with Gasteiger partial charge >= 0.3 is 5.97 Å². The molecule has 3 rings (SSSR count). The van der Waals surface area contributed by atoms with E-state index in [1.54, 1.807) is 25.3 Å². The average molecular weight is 273 g/mol. The molecular formula is C15H15NO4. The van der Waals surface area contributed by atoms with Crippen molar-refractivity contribution in [3.63, 3.8) is 0 Å². The molecule has 20 heavy (non-hydrogen) atoms. The second-order valence-corrected chi connectivity index (χ2v) is 4.83. The second-order valence-electron chi connectivity index (χ2n) is 4.83. The van der Waals surface area contributed by atoms with Gasteiger partial charge in [0.2, 0.25) is 5.43 Å². The van der Waals surface area contributed by atoms with E-state index in [1.807, 2.05) is 17.6 Å². The summed E-state index contributed by atoms with van der Waals surface area (Å²) in [4.78, 5) is 24.3. The van der Waals surface area contributed by atoms with Crippen molar-refractivity contribution >= 4 is 16.9 Å². The van der Waals surface area contributed by atoms with E-state index in [1.165, 1.54) is 0 Å². The van der Waals surface area contributed by atoms with Gasteiger partial charge < -0.3 is 14.0 Å². The van der Waals surface area contributed by atoms with Crippen molar-refractivity contribution < 1.29 is 14.3 Å². The van der Waals surface area contributed by atoms with E-state index in [-0.39, 0.29) is 23.7 Å². The van der Waals surface area contributed by atoms with E-state index in [2.05, 4.69) is 0 Å². The van der Waals surface area contributed by atoms with E-state index >= 15 is 0 Å². The Morgan fingerprint density at radius 2 is 2.30 bits per heavy atom. The highest BCUT2D eigenvalue weighted by Crippen LogP contribution is 2.29. The van der Waals surface area contributed by atoms with Crippen LogP contribution >= 0.6 is 0 Å². The first-order chi connectivity index (χ1) is 9.61. The Hall–Kier alpha value is -2.30. The standard InChI is InChI=1S/C15H15NO4/c1-3-19-15(18)11-8-16-7-9(2)20-12-6-4-5-10(13(12)16)14(11)17/h4-6,8-9H,3,7H2,1-2H3. The number of esters is 1. The van der Waals surface area contributed by atoms with Crippen LogP contribution in [0.4, 0.5) is 0 Å². The van der Waals surface area contributed by atoms with Gasteiger partial charge in [-0.3, -0.25) is 4.79 Å². The maximum Gasteiger partial charge on any atom is 0.343 e. The summed E-state index contributed by atoms with van der Waals surface area (Å²) in [5, 5.41) is 0.486. The quantitative estimate of drug-likeness (QED) is 0.785. The Labute approximate surface area is 115 Å². The van der Waals surface area contributed by atoms with Crippen LogP contribution in [0, 0.1) is 0 Å². The molecule has 0 fully saturated rings. The zero-order chi connectivity index (χ0) is 14.3. The Balaban J connectivity index is 2.30. The van der Waals surface area contributed by atoms with Crippen LogP contribution < -0.4 is 10.2 Å². The van der Waals surface area contributed by atoms with Gasteiger partial charge in [0.05, 0.1) is 24.1 Å². The molecule has 1 aliphatic heterocycles. The molecule has 1 aliphatic rings. The highest BCUT2D eigenvalue weighted by atomic mass is 16.5.